The molecule has 1 aromatic rings. The number of carbonyl (C=O) groups is 1. The van der Waals surface area contributed by atoms with Crippen molar-refractivity contribution in [2.24, 2.45) is 0 Å². The summed E-state index contributed by atoms with van der Waals surface area (Å²) >= 11 is 0. The minimum absolute atomic E-state index is 0.204. The molecule has 0 fully saturated rings. The Morgan fingerprint density at radius 2 is 2.50 bits per heavy atom. The van der Waals surface area contributed by atoms with Crippen molar-refractivity contribution in [2.45, 2.75) is 6.92 Å². The summed E-state index contributed by atoms with van der Waals surface area (Å²) in [4.78, 5) is 11.0. The van der Waals surface area contributed by atoms with E-state index in [1.807, 2.05) is 6.92 Å². The summed E-state index contributed by atoms with van der Waals surface area (Å²) in [5, 5.41) is 0. The molecule has 0 aliphatic carbocycles. The van der Waals surface area contributed by atoms with Gasteiger partial charge in [-0.1, -0.05) is 6.08 Å². The van der Waals surface area contributed by atoms with Crippen LogP contribution in [0.1, 0.15) is 17.5 Å². The molecule has 0 aliphatic rings. The SMILES string of the molecule is C/C=C/[CH]OC(=O)c1ccco1. The number of rotatable bonds is 3. The van der Waals surface area contributed by atoms with Gasteiger partial charge in [0.05, 0.1) is 6.26 Å². The van der Waals surface area contributed by atoms with Gasteiger partial charge in [-0.25, -0.2) is 4.79 Å². The Labute approximate surface area is 70.6 Å². The molecule has 1 aromatic heterocycles. The molecule has 3 heteroatoms. The van der Waals surface area contributed by atoms with Crippen LogP contribution < -0.4 is 0 Å². The first kappa shape index (κ1) is 8.59. The lowest BCUT2D eigenvalue weighted by Crippen LogP contribution is -1.99. The largest absolute Gasteiger partial charge is 0.457 e. The Morgan fingerprint density at radius 3 is 3.08 bits per heavy atom. The van der Waals surface area contributed by atoms with E-state index in [0.29, 0.717) is 0 Å². The monoisotopic (exact) mass is 165 g/mol. The van der Waals surface area contributed by atoms with Gasteiger partial charge in [0.15, 0.2) is 6.61 Å². The van der Waals surface area contributed by atoms with Crippen molar-refractivity contribution in [3.63, 3.8) is 0 Å². The number of esters is 1. The fourth-order valence-electron chi connectivity index (χ4n) is 0.632. The zero-order valence-electron chi connectivity index (χ0n) is 6.69. The van der Waals surface area contributed by atoms with Crippen LogP contribution in [0, 0.1) is 6.61 Å². The smallest absolute Gasteiger partial charge is 0.374 e. The zero-order valence-corrected chi connectivity index (χ0v) is 6.69. The van der Waals surface area contributed by atoms with Gasteiger partial charge in [0.25, 0.3) is 0 Å². The molecule has 1 rings (SSSR count). The van der Waals surface area contributed by atoms with Crippen molar-refractivity contribution >= 4 is 5.97 Å². The van der Waals surface area contributed by atoms with E-state index in [0.717, 1.165) is 0 Å². The molecule has 0 saturated heterocycles. The molecule has 0 spiro atoms. The first-order chi connectivity index (χ1) is 5.84. The average Bonchev–Trinajstić information content (AvgIpc) is 2.56. The maximum atomic E-state index is 11.0. The van der Waals surface area contributed by atoms with E-state index in [1.54, 1.807) is 24.3 Å². The summed E-state index contributed by atoms with van der Waals surface area (Å²) in [5.41, 5.74) is 0. The molecule has 63 valence electrons. The third kappa shape index (κ3) is 2.27. The van der Waals surface area contributed by atoms with Gasteiger partial charge < -0.3 is 9.15 Å². The highest BCUT2D eigenvalue weighted by Gasteiger charge is 2.07. The van der Waals surface area contributed by atoms with Crippen LogP contribution >= 0.6 is 0 Å². The molecule has 0 bridgehead atoms. The van der Waals surface area contributed by atoms with Crippen molar-refractivity contribution in [2.75, 3.05) is 0 Å². The molecule has 0 aliphatic heterocycles. The summed E-state index contributed by atoms with van der Waals surface area (Å²) in [6.07, 6.45) is 4.81. The van der Waals surface area contributed by atoms with Gasteiger partial charge in [-0.2, -0.15) is 0 Å². The Hall–Kier alpha value is -1.51. The van der Waals surface area contributed by atoms with Gasteiger partial charge in [-0.3, -0.25) is 0 Å². The summed E-state index contributed by atoms with van der Waals surface area (Å²) < 4.78 is 9.49. The predicted molar refractivity (Wildman–Crippen MR) is 43.2 cm³/mol. The van der Waals surface area contributed by atoms with Gasteiger partial charge in [0.2, 0.25) is 5.76 Å². The third-order valence-corrected chi connectivity index (χ3v) is 1.17. The first-order valence-corrected chi connectivity index (χ1v) is 3.53. The topological polar surface area (TPSA) is 39.4 Å². The van der Waals surface area contributed by atoms with Crippen molar-refractivity contribution in [3.05, 3.63) is 42.9 Å². The molecule has 0 amide bonds. The van der Waals surface area contributed by atoms with Crippen LogP contribution in [0.2, 0.25) is 0 Å². The molecule has 1 heterocycles. The van der Waals surface area contributed by atoms with Crippen LogP contribution in [-0.4, -0.2) is 5.97 Å². The summed E-state index contributed by atoms with van der Waals surface area (Å²) in [7, 11) is 0. The maximum absolute atomic E-state index is 11.0. The van der Waals surface area contributed by atoms with Crippen molar-refractivity contribution < 1.29 is 13.9 Å². The molecule has 0 N–H and O–H groups in total. The average molecular weight is 165 g/mol. The molecule has 0 aromatic carbocycles. The third-order valence-electron chi connectivity index (χ3n) is 1.17. The summed E-state index contributed by atoms with van der Waals surface area (Å²) in [6, 6.07) is 3.18. The number of ether oxygens (including phenoxy) is 1. The Morgan fingerprint density at radius 1 is 1.67 bits per heavy atom. The Kier molecular flexibility index (Phi) is 3.14. The highest BCUT2D eigenvalue weighted by atomic mass is 16.5. The molecule has 0 saturated carbocycles. The van der Waals surface area contributed by atoms with E-state index in [1.165, 1.54) is 12.9 Å². The summed E-state index contributed by atoms with van der Waals surface area (Å²) in [5.74, 6) is -0.283. The van der Waals surface area contributed by atoms with Crippen LogP contribution in [0.15, 0.2) is 35.0 Å². The van der Waals surface area contributed by atoms with E-state index in [4.69, 9.17) is 4.42 Å². The van der Waals surface area contributed by atoms with Gasteiger partial charge in [0.1, 0.15) is 0 Å². The molecular weight excluding hydrogens is 156 g/mol. The standard InChI is InChI=1S/C9H9O3/c1-2-3-6-12-9(10)8-5-4-7-11-8/h2-7H,1H3/b3-2+. The normalized spacial score (nSPS) is 10.4. The van der Waals surface area contributed by atoms with E-state index >= 15 is 0 Å². The lowest BCUT2D eigenvalue weighted by Gasteiger charge is -1.95. The minimum atomic E-state index is -0.488. The van der Waals surface area contributed by atoms with Crippen molar-refractivity contribution in [1.29, 1.82) is 0 Å². The minimum Gasteiger partial charge on any atom is -0.457 e. The molecular formula is C9H9O3. The number of allylic oxidation sites excluding steroid dienone is 1. The van der Waals surface area contributed by atoms with Crippen LogP contribution in [-0.2, 0) is 4.74 Å². The first-order valence-electron chi connectivity index (χ1n) is 3.53. The van der Waals surface area contributed by atoms with E-state index in [9.17, 15) is 4.79 Å². The Balaban J connectivity index is 2.40. The lowest BCUT2D eigenvalue weighted by atomic mass is 10.4. The fourth-order valence-corrected chi connectivity index (χ4v) is 0.632. The molecule has 1 radical (unpaired) electrons. The van der Waals surface area contributed by atoms with E-state index in [-0.39, 0.29) is 5.76 Å². The molecule has 0 unspecified atom stereocenters. The molecule has 3 nitrogen and oxygen atoms in total. The van der Waals surface area contributed by atoms with Crippen LogP contribution in [0.5, 0.6) is 0 Å². The number of furan rings is 1. The molecule has 0 atom stereocenters. The second kappa shape index (κ2) is 4.38. The predicted octanol–water partition coefficient (Wildman–Crippen LogP) is 2.17. The highest BCUT2D eigenvalue weighted by Crippen LogP contribution is 2.02. The van der Waals surface area contributed by atoms with E-state index < -0.39 is 5.97 Å². The Bertz CT molecular complexity index is 259. The van der Waals surface area contributed by atoms with Crippen LogP contribution in [0.4, 0.5) is 0 Å². The van der Waals surface area contributed by atoms with Gasteiger partial charge >= 0.3 is 5.97 Å². The van der Waals surface area contributed by atoms with Crippen LogP contribution in [0.3, 0.4) is 0 Å². The van der Waals surface area contributed by atoms with Gasteiger partial charge in [-0.15, -0.1) is 0 Å². The number of carbonyl (C=O) groups excluding carboxylic acids is 1. The number of hydrogen-bond acceptors (Lipinski definition) is 3. The second-order valence-corrected chi connectivity index (χ2v) is 2.04. The quantitative estimate of drug-likeness (QED) is 0.644. The second-order valence-electron chi connectivity index (χ2n) is 2.04. The fraction of sp³-hybridized carbons (Fsp3) is 0.111. The van der Waals surface area contributed by atoms with Crippen molar-refractivity contribution in [3.8, 4) is 0 Å². The van der Waals surface area contributed by atoms with Gasteiger partial charge in [-0.05, 0) is 25.1 Å². The highest BCUT2D eigenvalue weighted by molar-refractivity contribution is 5.86. The molecule has 12 heavy (non-hydrogen) atoms. The van der Waals surface area contributed by atoms with Gasteiger partial charge in [0, 0.05) is 0 Å². The summed E-state index contributed by atoms with van der Waals surface area (Å²) in [6.45, 7) is 3.14. The van der Waals surface area contributed by atoms with Crippen LogP contribution in [0.25, 0.3) is 0 Å². The van der Waals surface area contributed by atoms with Crippen molar-refractivity contribution in [1.82, 2.24) is 0 Å². The van der Waals surface area contributed by atoms with E-state index in [2.05, 4.69) is 4.74 Å². The lowest BCUT2D eigenvalue weighted by molar-refractivity contribution is 0.0589. The zero-order chi connectivity index (χ0) is 8.81. The number of hydrogen-bond donors (Lipinski definition) is 0. The maximum Gasteiger partial charge on any atom is 0.374 e.